The monoisotopic (exact) mass is 507 g/mol. The Hall–Kier alpha value is -4.71. The number of nitrogens with zero attached hydrogens (tertiary/aromatic N) is 5. The van der Waals surface area contributed by atoms with E-state index in [1.807, 2.05) is 49.4 Å². The number of quaternary nitrogens is 1. The number of nitrogens with one attached hydrogen (secondary N) is 1. The van der Waals surface area contributed by atoms with Crippen molar-refractivity contribution >= 4 is 17.1 Å². The molecule has 188 valence electrons. The Morgan fingerprint density at radius 1 is 0.892 bits per heavy atom. The molecule has 0 spiro atoms. The predicted molar refractivity (Wildman–Crippen MR) is 126 cm³/mol. The molecule has 12 heteroatoms. The van der Waals surface area contributed by atoms with Gasteiger partial charge < -0.3 is 15.6 Å². The normalized spacial score (nSPS) is 11.2. The highest BCUT2D eigenvalue weighted by Crippen LogP contribution is 2.31. The van der Waals surface area contributed by atoms with E-state index in [0.717, 1.165) is 40.4 Å². The minimum absolute atomic E-state index is 0.547. The first kappa shape index (κ1) is 25.4. The van der Waals surface area contributed by atoms with Gasteiger partial charge in [0, 0.05) is 16.7 Å². The molecule has 0 saturated carbocycles. The standard InChI is InChI=1S/C23H19N7.C2HF3O2/c1-14-25-23(30-29-14)19-12-11-18-22(27-19)28-21(16-5-3-2-4-6-16)20(26-18)17-9-7-15(13-24)8-10-17;3-2(4,5)1(6)7/h2-12H,13,24H2,1H3,(H,25,29,30);(H,6,7). The number of aromatic nitrogens is 6. The minimum Gasteiger partial charge on any atom is -0.542 e. The van der Waals surface area contributed by atoms with Gasteiger partial charge in [-0.15, -0.1) is 0 Å². The molecule has 0 saturated heterocycles. The van der Waals surface area contributed by atoms with Gasteiger partial charge in [0.2, 0.25) is 0 Å². The number of halogens is 3. The Balaban J connectivity index is 0.000000405. The molecular formula is C25H20F3N7O2. The van der Waals surface area contributed by atoms with Crippen LogP contribution in [0.15, 0.2) is 66.7 Å². The summed E-state index contributed by atoms with van der Waals surface area (Å²) in [6.45, 7) is 2.61. The molecule has 0 radical (unpaired) electrons. The van der Waals surface area contributed by atoms with Gasteiger partial charge in [-0.25, -0.2) is 19.9 Å². The van der Waals surface area contributed by atoms with Crippen molar-refractivity contribution in [2.75, 3.05) is 0 Å². The van der Waals surface area contributed by atoms with E-state index in [1.54, 1.807) is 0 Å². The summed E-state index contributed by atoms with van der Waals surface area (Å²) in [4.78, 5) is 27.7. The van der Waals surface area contributed by atoms with E-state index < -0.39 is 12.1 Å². The molecule has 4 N–H and O–H groups in total. The zero-order chi connectivity index (χ0) is 26.6. The Kier molecular flexibility index (Phi) is 7.20. The zero-order valence-electron chi connectivity index (χ0n) is 19.5. The first-order valence-electron chi connectivity index (χ1n) is 11.0. The molecule has 3 aromatic heterocycles. The Morgan fingerprint density at radius 3 is 2.08 bits per heavy atom. The number of hydrogen-bond acceptors (Lipinski definition) is 7. The third-order valence-corrected chi connectivity index (χ3v) is 5.15. The highest BCUT2D eigenvalue weighted by Gasteiger charge is 2.28. The Morgan fingerprint density at radius 2 is 1.51 bits per heavy atom. The van der Waals surface area contributed by atoms with Crippen LogP contribution >= 0.6 is 0 Å². The lowest BCUT2D eigenvalue weighted by Gasteiger charge is -2.11. The first-order valence-corrected chi connectivity index (χ1v) is 11.0. The summed E-state index contributed by atoms with van der Waals surface area (Å²) in [6, 6.07) is 22.1. The number of carbonyl (C=O) groups is 1. The van der Waals surface area contributed by atoms with Crippen LogP contribution in [0, 0.1) is 6.92 Å². The first-order chi connectivity index (χ1) is 17.7. The van der Waals surface area contributed by atoms with E-state index in [1.165, 1.54) is 5.56 Å². The predicted octanol–water partition coefficient (Wildman–Crippen LogP) is 2.49. The van der Waals surface area contributed by atoms with E-state index in [4.69, 9.17) is 19.9 Å². The van der Waals surface area contributed by atoms with E-state index in [0.29, 0.717) is 17.2 Å². The van der Waals surface area contributed by atoms with Gasteiger partial charge in [0.1, 0.15) is 23.0 Å². The molecule has 0 bridgehead atoms. The van der Waals surface area contributed by atoms with E-state index in [9.17, 15) is 13.2 Å². The van der Waals surface area contributed by atoms with Crippen LogP contribution in [0.1, 0.15) is 11.4 Å². The van der Waals surface area contributed by atoms with Crippen LogP contribution in [-0.4, -0.2) is 42.3 Å². The number of alkyl halides is 3. The van der Waals surface area contributed by atoms with Crippen LogP contribution in [0.25, 0.3) is 45.2 Å². The van der Waals surface area contributed by atoms with Crippen molar-refractivity contribution in [3.63, 3.8) is 0 Å². The SMILES string of the molecule is Cc1nc(-c2ccc3nc(-c4ccc(C[NH3+])cc4)c(-c4ccccc4)nc3n2)n[nH]1.O=C([O-])C(F)(F)F. The molecule has 0 fully saturated rings. The molecule has 0 atom stereocenters. The molecular weight excluding hydrogens is 487 g/mol. The molecule has 2 aromatic carbocycles. The smallest absolute Gasteiger partial charge is 0.430 e. The molecule has 0 aliphatic rings. The third-order valence-electron chi connectivity index (χ3n) is 5.15. The van der Waals surface area contributed by atoms with Crippen LogP contribution in [0.3, 0.4) is 0 Å². The number of carbonyl (C=O) groups excluding carboxylic acids is 1. The molecule has 3 heterocycles. The maximum atomic E-state index is 10.5. The lowest BCUT2D eigenvalue weighted by atomic mass is 10.0. The van der Waals surface area contributed by atoms with Gasteiger partial charge in [0.25, 0.3) is 0 Å². The van der Waals surface area contributed by atoms with Gasteiger partial charge in [0.05, 0.1) is 17.9 Å². The van der Waals surface area contributed by atoms with Gasteiger partial charge >= 0.3 is 6.18 Å². The van der Waals surface area contributed by atoms with Crippen LogP contribution in [-0.2, 0) is 11.3 Å². The van der Waals surface area contributed by atoms with E-state index >= 15 is 0 Å². The lowest BCUT2D eigenvalue weighted by molar-refractivity contribution is -0.386. The van der Waals surface area contributed by atoms with Crippen molar-refractivity contribution in [1.29, 1.82) is 0 Å². The number of benzene rings is 2. The number of H-pyrrole nitrogens is 1. The molecule has 0 unspecified atom stereocenters. The van der Waals surface area contributed by atoms with Gasteiger partial charge in [-0.1, -0.05) is 54.6 Å². The Bertz CT molecular complexity index is 1540. The largest absolute Gasteiger partial charge is 0.542 e. The number of aromatic amines is 1. The highest BCUT2D eigenvalue weighted by atomic mass is 19.4. The molecule has 0 amide bonds. The highest BCUT2D eigenvalue weighted by molar-refractivity contribution is 5.85. The summed E-state index contributed by atoms with van der Waals surface area (Å²) in [5.41, 5.74) is 10.7. The van der Waals surface area contributed by atoms with Crippen LogP contribution in [0.5, 0.6) is 0 Å². The summed E-state index contributed by atoms with van der Waals surface area (Å²) in [7, 11) is 0. The second-order valence-corrected chi connectivity index (χ2v) is 7.80. The van der Waals surface area contributed by atoms with Crippen molar-refractivity contribution in [3.8, 4) is 34.0 Å². The lowest BCUT2D eigenvalue weighted by Crippen LogP contribution is -2.47. The Labute approximate surface area is 208 Å². The molecule has 5 aromatic rings. The van der Waals surface area contributed by atoms with Gasteiger partial charge in [-0.05, 0) is 19.1 Å². The summed E-state index contributed by atoms with van der Waals surface area (Å²) >= 11 is 0. The van der Waals surface area contributed by atoms with Gasteiger partial charge in [0.15, 0.2) is 11.5 Å². The fourth-order valence-corrected chi connectivity index (χ4v) is 3.35. The molecule has 37 heavy (non-hydrogen) atoms. The second-order valence-electron chi connectivity index (χ2n) is 7.80. The summed E-state index contributed by atoms with van der Waals surface area (Å²) in [5.74, 6) is -1.72. The number of rotatable bonds is 4. The summed E-state index contributed by atoms with van der Waals surface area (Å²) < 4.78 is 31.5. The topological polar surface area (TPSA) is 148 Å². The third kappa shape index (κ3) is 5.93. The van der Waals surface area contributed by atoms with E-state index in [-0.39, 0.29) is 0 Å². The fraction of sp³-hybridized carbons (Fsp3) is 0.120. The number of hydrogen-bond donors (Lipinski definition) is 2. The molecule has 0 aliphatic carbocycles. The minimum atomic E-state index is -5.19. The number of carboxylic acid groups (broad SMARTS) is 1. The van der Waals surface area contributed by atoms with Gasteiger partial charge in [-0.3, -0.25) is 5.10 Å². The van der Waals surface area contributed by atoms with Crippen LogP contribution in [0.2, 0.25) is 0 Å². The summed E-state index contributed by atoms with van der Waals surface area (Å²) in [5, 5.41) is 15.8. The zero-order valence-corrected chi connectivity index (χ0v) is 19.5. The van der Waals surface area contributed by atoms with Crippen LogP contribution in [0.4, 0.5) is 13.2 Å². The average Bonchev–Trinajstić information content (AvgIpc) is 3.34. The molecule has 0 aliphatic heterocycles. The van der Waals surface area contributed by atoms with Crippen molar-refractivity contribution in [2.24, 2.45) is 0 Å². The van der Waals surface area contributed by atoms with Crippen LogP contribution < -0.4 is 10.8 Å². The fourth-order valence-electron chi connectivity index (χ4n) is 3.35. The number of aliphatic carboxylic acids is 1. The van der Waals surface area contributed by atoms with Gasteiger partial charge in [-0.2, -0.15) is 18.3 Å². The van der Waals surface area contributed by atoms with Crippen molar-refractivity contribution in [2.45, 2.75) is 19.6 Å². The second kappa shape index (κ2) is 10.5. The number of fused-ring (bicyclic) bond motifs is 1. The average molecular weight is 507 g/mol. The molecule has 5 rings (SSSR count). The maximum absolute atomic E-state index is 10.5. The molecule has 9 nitrogen and oxygen atoms in total. The van der Waals surface area contributed by atoms with Crippen molar-refractivity contribution < 1.29 is 28.8 Å². The number of carboxylic acids is 1. The van der Waals surface area contributed by atoms with E-state index in [2.05, 4.69) is 50.2 Å². The van der Waals surface area contributed by atoms with Crippen molar-refractivity contribution in [1.82, 2.24) is 30.1 Å². The maximum Gasteiger partial charge on any atom is 0.430 e. The quantitative estimate of drug-likeness (QED) is 0.380. The number of aryl methyl sites for hydroxylation is 1. The van der Waals surface area contributed by atoms with Crippen molar-refractivity contribution in [3.05, 3.63) is 78.1 Å². The summed E-state index contributed by atoms with van der Waals surface area (Å²) in [6.07, 6.45) is -5.19. The number of pyridine rings is 1.